The first kappa shape index (κ1) is 11.2. The molecule has 0 atom stereocenters. The lowest BCUT2D eigenvalue weighted by molar-refractivity contribution is 0.0979. The Labute approximate surface area is 91.0 Å². The summed E-state index contributed by atoms with van der Waals surface area (Å²) in [5.74, 6) is -3.13. The molecule has 1 aliphatic heterocycles. The van der Waals surface area contributed by atoms with Gasteiger partial charge in [0, 0.05) is 12.0 Å². The summed E-state index contributed by atoms with van der Waals surface area (Å²) in [5.41, 5.74) is -0.239. The van der Waals surface area contributed by atoms with Crippen LogP contribution in [0, 0.1) is 11.6 Å². The van der Waals surface area contributed by atoms with Gasteiger partial charge in [0.2, 0.25) is 0 Å². The molecule has 0 fully saturated rings. The van der Waals surface area contributed by atoms with Crippen molar-refractivity contribution in [1.82, 2.24) is 0 Å². The van der Waals surface area contributed by atoms with Gasteiger partial charge in [-0.25, -0.2) is 17.2 Å². The number of sulfone groups is 1. The molecule has 0 aliphatic carbocycles. The number of hydrogen-bond donors (Lipinski definition) is 0. The van der Waals surface area contributed by atoms with E-state index in [1.807, 2.05) is 0 Å². The quantitative estimate of drug-likeness (QED) is 0.655. The van der Waals surface area contributed by atoms with Crippen molar-refractivity contribution in [3.8, 4) is 0 Å². The molecule has 0 aromatic heterocycles. The maximum absolute atomic E-state index is 13.0. The van der Waals surface area contributed by atoms with Crippen LogP contribution in [0.25, 0.3) is 0 Å². The second-order valence-corrected chi connectivity index (χ2v) is 5.69. The van der Waals surface area contributed by atoms with E-state index >= 15 is 0 Å². The summed E-state index contributed by atoms with van der Waals surface area (Å²) in [7, 11) is -3.68. The fourth-order valence-electron chi connectivity index (χ4n) is 1.67. The molecule has 0 saturated heterocycles. The van der Waals surface area contributed by atoms with E-state index in [-0.39, 0.29) is 24.2 Å². The molecular formula is C10H8F2O3S. The van der Waals surface area contributed by atoms with Gasteiger partial charge in [0.1, 0.15) is 0 Å². The first-order chi connectivity index (χ1) is 7.42. The summed E-state index contributed by atoms with van der Waals surface area (Å²) < 4.78 is 49.2. The first-order valence-electron chi connectivity index (χ1n) is 4.67. The highest BCUT2D eigenvalue weighted by Gasteiger charge is 2.28. The fraction of sp³-hybridized carbons (Fsp3) is 0.300. The Morgan fingerprint density at radius 3 is 2.44 bits per heavy atom. The number of Topliss-reactive ketones (excluding diaryl/α,β-unsaturated/α-hetero) is 1. The third kappa shape index (κ3) is 1.73. The molecule has 1 aliphatic rings. The molecule has 1 aromatic rings. The van der Waals surface area contributed by atoms with Crippen molar-refractivity contribution in [1.29, 1.82) is 0 Å². The Kier molecular flexibility index (Phi) is 2.53. The van der Waals surface area contributed by atoms with Gasteiger partial charge < -0.3 is 0 Å². The Morgan fingerprint density at radius 1 is 1.12 bits per heavy atom. The molecule has 0 amide bonds. The Hall–Kier alpha value is -1.30. The van der Waals surface area contributed by atoms with Crippen molar-refractivity contribution < 1.29 is 22.0 Å². The average Bonchev–Trinajstić information content (AvgIpc) is 2.29. The zero-order valence-corrected chi connectivity index (χ0v) is 8.98. The zero-order valence-electron chi connectivity index (χ0n) is 8.16. The normalized spacial score (nSPS) is 19.0. The summed E-state index contributed by atoms with van der Waals surface area (Å²) in [6, 6.07) is 1.25. The third-order valence-corrected chi connectivity index (χ3v) is 4.31. The molecule has 0 bridgehead atoms. The Bertz CT molecular complexity index is 564. The van der Waals surface area contributed by atoms with E-state index in [0.717, 1.165) is 0 Å². The second kappa shape index (κ2) is 3.62. The largest absolute Gasteiger partial charge is 0.294 e. The molecule has 0 saturated carbocycles. The number of carbonyl (C=O) groups excluding carboxylic acids is 1. The molecule has 2 rings (SSSR count). The van der Waals surface area contributed by atoms with Crippen molar-refractivity contribution >= 4 is 15.6 Å². The highest BCUT2D eigenvalue weighted by Crippen LogP contribution is 2.26. The molecule has 1 aromatic carbocycles. The van der Waals surface area contributed by atoms with Gasteiger partial charge >= 0.3 is 0 Å². The maximum Gasteiger partial charge on any atom is 0.179 e. The number of fused-ring (bicyclic) bond motifs is 1. The summed E-state index contributed by atoms with van der Waals surface area (Å²) in [5, 5.41) is 0. The van der Waals surface area contributed by atoms with Crippen LogP contribution in [0.2, 0.25) is 0 Å². The standard InChI is InChI=1S/C10H8F2O3S/c11-7-4-6-9(13)2-1-3-16(14,15)10(6)5-8(7)12/h4-5H,1-3H2. The molecule has 3 nitrogen and oxygen atoms in total. The van der Waals surface area contributed by atoms with Gasteiger partial charge in [0.15, 0.2) is 27.3 Å². The first-order valence-corrected chi connectivity index (χ1v) is 6.32. The lowest BCUT2D eigenvalue weighted by Crippen LogP contribution is -2.08. The van der Waals surface area contributed by atoms with E-state index in [9.17, 15) is 22.0 Å². The zero-order chi connectivity index (χ0) is 11.9. The highest BCUT2D eigenvalue weighted by molar-refractivity contribution is 7.91. The lowest BCUT2D eigenvalue weighted by atomic mass is 10.1. The van der Waals surface area contributed by atoms with Crippen molar-refractivity contribution in [3.05, 3.63) is 29.3 Å². The Morgan fingerprint density at radius 2 is 1.75 bits per heavy atom. The van der Waals surface area contributed by atoms with E-state index in [1.165, 1.54) is 0 Å². The van der Waals surface area contributed by atoms with Crippen molar-refractivity contribution in [2.75, 3.05) is 5.75 Å². The molecule has 0 unspecified atom stereocenters. The molecule has 0 N–H and O–H groups in total. The predicted octanol–water partition coefficient (Wildman–Crippen LogP) is 1.72. The highest BCUT2D eigenvalue weighted by atomic mass is 32.2. The summed E-state index contributed by atoms with van der Waals surface area (Å²) in [6.45, 7) is 0. The van der Waals surface area contributed by atoms with Crippen molar-refractivity contribution in [2.45, 2.75) is 17.7 Å². The SMILES string of the molecule is O=C1CCCS(=O)(=O)c2cc(F)c(F)cc21. The molecule has 0 radical (unpaired) electrons. The van der Waals surface area contributed by atoms with Gasteiger partial charge in [-0.15, -0.1) is 0 Å². The number of hydrogen-bond acceptors (Lipinski definition) is 3. The van der Waals surface area contributed by atoms with Crippen LogP contribution in [0.15, 0.2) is 17.0 Å². The summed E-state index contributed by atoms with van der Waals surface area (Å²) in [6.07, 6.45) is 0.219. The minimum Gasteiger partial charge on any atom is -0.294 e. The van der Waals surface area contributed by atoms with Crippen LogP contribution < -0.4 is 0 Å². The van der Waals surface area contributed by atoms with Crippen LogP contribution in [-0.2, 0) is 9.84 Å². The number of benzene rings is 1. The van der Waals surface area contributed by atoms with Crippen LogP contribution in [-0.4, -0.2) is 20.0 Å². The van der Waals surface area contributed by atoms with Crippen LogP contribution >= 0.6 is 0 Å². The minimum atomic E-state index is -3.68. The second-order valence-electron chi connectivity index (χ2n) is 3.61. The van der Waals surface area contributed by atoms with Gasteiger partial charge in [-0.1, -0.05) is 0 Å². The van der Waals surface area contributed by atoms with E-state index in [4.69, 9.17) is 0 Å². The Balaban J connectivity index is 2.78. The molecule has 0 spiro atoms. The third-order valence-electron chi connectivity index (χ3n) is 2.47. The maximum atomic E-state index is 13.0. The molecular weight excluding hydrogens is 238 g/mol. The molecule has 6 heteroatoms. The van der Waals surface area contributed by atoms with E-state index < -0.39 is 32.2 Å². The van der Waals surface area contributed by atoms with Crippen molar-refractivity contribution in [3.63, 3.8) is 0 Å². The van der Waals surface area contributed by atoms with E-state index in [1.54, 1.807) is 0 Å². The van der Waals surface area contributed by atoms with Crippen LogP contribution in [0.5, 0.6) is 0 Å². The minimum absolute atomic E-state index is 0.0390. The van der Waals surface area contributed by atoms with Gasteiger partial charge in [0.25, 0.3) is 0 Å². The predicted molar refractivity (Wildman–Crippen MR) is 52.0 cm³/mol. The van der Waals surface area contributed by atoms with Gasteiger partial charge in [0.05, 0.1) is 10.6 Å². The topological polar surface area (TPSA) is 51.2 Å². The number of halogens is 2. The monoisotopic (exact) mass is 246 g/mol. The van der Waals surface area contributed by atoms with Gasteiger partial charge in [-0.2, -0.15) is 0 Å². The van der Waals surface area contributed by atoms with Crippen LogP contribution in [0.1, 0.15) is 23.2 Å². The number of ketones is 1. The lowest BCUT2D eigenvalue weighted by Gasteiger charge is -2.05. The smallest absolute Gasteiger partial charge is 0.179 e. The molecule has 16 heavy (non-hydrogen) atoms. The molecule has 86 valence electrons. The summed E-state index contributed by atoms with van der Waals surface area (Å²) >= 11 is 0. The number of rotatable bonds is 0. The van der Waals surface area contributed by atoms with Crippen LogP contribution in [0.3, 0.4) is 0 Å². The van der Waals surface area contributed by atoms with Crippen LogP contribution in [0.4, 0.5) is 8.78 Å². The van der Waals surface area contributed by atoms with Gasteiger partial charge in [-0.3, -0.25) is 4.79 Å². The van der Waals surface area contributed by atoms with E-state index in [0.29, 0.717) is 12.1 Å². The van der Waals surface area contributed by atoms with Gasteiger partial charge in [-0.05, 0) is 18.6 Å². The molecule has 1 heterocycles. The van der Waals surface area contributed by atoms with E-state index in [2.05, 4.69) is 0 Å². The summed E-state index contributed by atoms with van der Waals surface area (Å²) in [4.78, 5) is 11.1. The average molecular weight is 246 g/mol. The number of carbonyl (C=O) groups is 1. The fourth-order valence-corrected chi connectivity index (χ4v) is 3.21. The van der Waals surface area contributed by atoms with Crippen molar-refractivity contribution in [2.24, 2.45) is 0 Å².